The fourth-order valence-electron chi connectivity index (χ4n) is 2.06. The number of hydrogen-bond donors (Lipinski definition) is 1. The van der Waals surface area contributed by atoms with Gasteiger partial charge in [0.05, 0.1) is 0 Å². The lowest BCUT2D eigenvalue weighted by atomic mass is 10.1. The number of benzene rings is 2. The molecule has 0 saturated heterocycles. The first kappa shape index (κ1) is 17.4. The molecule has 3 rings (SSSR count). The van der Waals surface area contributed by atoms with Crippen molar-refractivity contribution in [1.82, 2.24) is 10.2 Å². The van der Waals surface area contributed by atoms with Gasteiger partial charge in [0.1, 0.15) is 10.8 Å². The third-order valence-electron chi connectivity index (χ3n) is 3.40. The first-order valence-corrected chi connectivity index (χ1v) is 8.78. The zero-order valence-electron chi connectivity index (χ0n) is 13.7. The molecule has 1 aromatic heterocycles. The van der Waals surface area contributed by atoms with E-state index in [0.717, 1.165) is 10.6 Å². The van der Waals surface area contributed by atoms with Crippen molar-refractivity contribution in [3.8, 4) is 16.3 Å². The molecule has 1 N–H and O–H groups in total. The van der Waals surface area contributed by atoms with Gasteiger partial charge in [0.25, 0.3) is 5.91 Å². The Balaban J connectivity index is 1.68. The Kier molecular flexibility index (Phi) is 5.01. The molecule has 0 aliphatic heterocycles. The lowest BCUT2D eigenvalue weighted by molar-refractivity contribution is -0.128. The van der Waals surface area contributed by atoms with Crippen molar-refractivity contribution >= 4 is 34.0 Å². The van der Waals surface area contributed by atoms with Crippen molar-refractivity contribution in [1.29, 1.82) is 0 Å². The highest BCUT2D eigenvalue weighted by molar-refractivity contribution is 7.18. The molecule has 128 valence electrons. The number of carbonyl (C=O) groups is 1. The van der Waals surface area contributed by atoms with Crippen molar-refractivity contribution in [3.63, 3.8) is 0 Å². The average Bonchev–Trinajstić information content (AvgIpc) is 3.06. The van der Waals surface area contributed by atoms with Gasteiger partial charge >= 0.3 is 0 Å². The van der Waals surface area contributed by atoms with Crippen LogP contribution < -0.4 is 10.1 Å². The molecule has 3 aromatic rings. The Morgan fingerprint density at radius 3 is 2.44 bits per heavy atom. The third-order valence-corrected chi connectivity index (χ3v) is 4.54. The standard InChI is InChI=1S/C18H16ClN3O2S/c1-18(2,24-14-10-8-13(19)9-11-14)16(23)20-17-22-21-15(25-17)12-6-4-3-5-7-12/h3-11H,1-2H3,(H,20,22,23). The van der Waals surface area contributed by atoms with E-state index in [1.54, 1.807) is 38.1 Å². The van der Waals surface area contributed by atoms with Gasteiger partial charge < -0.3 is 4.74 Å². The van der Waals surface area contributed by atoms with E-state index in [-0.39, 0.29) is 5.91 Å². The normalized spacial score (nSPS) is 11.2. The minimum Gasteiger partial charge on any atom is -0.478 e. The second-order valence-electron chi connectivity index (χ2n) is 5.80. The van der Waals surface area contributed by atoms with E-state index in [1.807, 2.05) is 30.3 Å². The molecule has 0 radical (unpaired) electrons. The first-order chi connectivity index (χ1) is 11.9. The molecule has 25 heavy (non-hydrogen) atoms. The van der Waals surface area contributed by atoms with Gasteiger partial charge in [-0.15, -0.1) is 10.2 Å². The minimum absolute atomic E-state index is 0.307. The Morgan fingerprint density at radius 2 is 1.76 bits per heavy atom. The Bertz CT molecular complexity index is 864. The predicted octanol–water partition coefficient (Wildman–Crippen LogP) is 4.65. The Hall–Kier alpha value is -2.44. The quantitative estimate of drug-likeness (QED) is 0.706. The molecule has 0 saturated carbocycles. The van der Waals surface area contributed by atoms with Crippen LogP contribution in [0, 0.1) is 0 Å². The van der Waals surface area contributed by atoms with E-state index in [0.29, 0.717) is 15.9 Å². The number of ether oxygens (including phenoxy) is 1. The average molecular weight is 374 g/mol. The van der Waals surface area contributed by atoms with Crippen molar-refractivity contribution in [2.45, 2.75) is 19.4 Å². The predicted molar refractivity (Wildman–Crippen MR) is 100 cm³/mol. The molecule has 1 heterocycles. The van der Waals surface area contributed by atoms with Gasteiger partial charge in [-0.05, 0) is 38.1 Å². The summed E-state index contributed by atoms with van der Waals surface area (Å²) in [7, 11) is 0. The highest BCUT2D eigenvalue weighted by Crippen LogP contribution is 2.27. The summed E-state index contributed by atoms with van der Waals surface area (Å²) in [6.07, 6.45) is 0. The van der Waals surface area contributed by atoms with Crippen LogP contribution in [0.1, 0.15) is 13.8 Å². The van der Waals surface area contributed by atoms with E-state index in [2.05, 4.69) is 15.5 Å². The molecular formula is C18H16ClN3O2S. The van der Waals surface area contributed by atoms with Crippen molar-refractivity contribution < 1.29 is 9.53 Å². The molecular weight excluding hydrogens is 358 g/mol. The largest absolute Gasteiger partial charge is 0.478 e. The smallest absolute Gasteiger partial charge is 0.269 e. The summed E-state index contributed by atoms with van der Waals surface area (Å²) in [5.74, 6) is 0.255. The number of hydrogen-bond acceptors (Lipinski definition) is 5. The van der Waals surface area contributed by atoms with Crippen molar-refractivity contribution in [3.05, 3.63) is 59.6 Å². The topological polar surface area (TPSA) is 64.1 Å². The van der Waals surface area contributed by atoms with Crippen LogP contribution in [0.2, 0.25) is 5.02 Å². The number of carbonyl (C=O) groups excluding carboxylic acids is 1. The first-order valence-electron chi connectivity index (χ1n) is 7.59. The number of halogens is 1. The molecule has 0 atom stereocenters. The summed E-state index contributed by atoms with van der Waals surface area (Å²) < 4.78 is 5.77. The van der Waals surface area contributed by atoms with Crippen LogP contribution in [0.25, 0.3) is 10.6 Å². The fourth-order valence-corrected chi connectivity index (χ4v) is 2.93. The number of aromatic nitrogens is 2. The van der Waals surface area contributed by atoms with Gasteiger partial charge in [-0.3, -0.25) is 10.1 Å². The van der Waals surface area contributed by atoms with Gasteiger partial charge in [-0.1, -0.05) is 53.3 Å². The molecule has 7 heteroatoms. The number of anilines is 1. The van der Waals surface area contributed by atoms with Crippen molar-refractivity contribution in [2.24, 2.45) is 0 Å². The molecule has 5 nitrogen and oxygen atoms in total. The summed E-state index contributed by atoms with van der Waals surface area (Å²) in [5, 5.41) is 12.7. The lowest BCUT2D eigenvalue weighted by Gasteiger charge is -2.24. The van der Waals surface area contributed by atoms with E-state index >= 15 is 0 Å². The van der Waals surface area contributed by atoms with Crippen LogP contribution in [-0.2, 0) is 4.79 Å². The lowest BCUT2D eigenvalue weighted by Crippen LogP contribution is -2.42. The van der Waals surface area contributed by atoms with Crippen LogP contribution in [0.5, 0.6) is 5.75 Å². The zero-order valence-corrected chi connectivity index (χ0v) is 15.3. The molecule has 0 fully saturated rings. The number of nitrogens with one attached hydrogen (secondary N) is 1. The second-order valence-corrected chi connectivity index (χ2v) is 7.21. The van der Waals surface area contributed by atoms with Crippen LogP contribution in [-0.4, -0.2) is 21.7 Å². The van der Waals surface area contributed by atoms with Crippen molar-refractivity contribution in [2.75, 3.05) is 5.32 Å². The summed E-state index contributed by atoms with van der Waals surface area (Å²) in [6.45, 7) is 3.38. The van der Waals surface area contributed by atoms with E-state index in [9.17, 15) is 4.79 Å². The van der Waals surface area contributed by atoms with Gasteiger partial charge in [0, 0.05) is 10.6 Å². The summed E-state index contributed by atoms with van der Waals surface area (Å²) in [4.78, 5) is 12.5. The van der Waals surface area contributed by atoms with Crippen LogP contribution >= 0.6 is 22.9 Å². The monoisotopic (exact) mass is 373 g/mol. The van der Waals surface area contributed by atoms with Crippen LogP contribution in [0.4, 0.5) is 5.13 Å². The number of nitrogens with zero attached hydrogens (tertiary/aromatic N) is 2. The van der Waals surface area contributed by atoms with E-state index < -0.39 is 5.60 Å². The molecule has 1 amide bonds. The maximum absolute atomic E-state index is 12.5. The Morgan fingerprint density at radius 1 is 1.08 bits per heavy atom. The summed E-state index contributed by atoms with van der Waals surface area (Å²) in [6, 6.07) is 16.5. The highest BCUT2D eigenvalue weighted by Gasteiger charge is 2.31. The third kappa shape index (κ3) is 4.35. The highest BCUT2D eigenvalue weighted by atomic mass is 35.5. The Labute approximate surface area is 154 Å². The number of amides is 1. The molecule has 0 aliphatic rings. The fraction of sp³-hybridized carbons (Fsp3) is 0.167. The summed E-state index contributed by atoms with van der Waals surface area (Å²) in [5.41, 5.74) is -0.121. The molecule has 0 aliphatic carbocycles. The van der Waals surface area contributed by atoms with Gasteiger partial charge in [0.2, 0.25) is 5.13 Å². The minimum atomic E-state index is -1.08. The maximum Gasteiger partial charge on any atom is 0.269 e. The van der Waals surface area contributed by atoms with E-state index in [4.69, 9.17) is 16.3 Å². The molecule has 0 unspecified atom stereocenters. The SMILES string of the molecule is CC(C)(Oc1ccc(Cl)cc1)C(=O)Nc1nnc(-c2ccccc2)s1. The molecule has 0 spiro atoms. The van der Waals surface area contributed by atoms with Gasteiger partial charge in [-0.25, -0.2) is 0 Å². The van der Waals surface area contributed by atoms with Gasteiger partial charge in [0.15, 0.2) is 5.60 Å². The summed E-state index contributed by atoms with van der Waals surface area (Å²) >= 11 is 7.17. The molecule has 2 aromatic carbocycles. The van der Waals surface area contributed by atoms with E-state index in [1.165, 1.54) is 11.3 Å². The van der Waals surface area contributed by atoms with Crippen LogP contribution in [0.15, 0.2) is 54.6 Å². The van der Waals surface area contributed by atoms with Crippen LogP contribution in [0.3, 0.4) is 0 Å². The number of rotatable bonds is 5. The zero-order chi connectivity index (χ0) is 17.9. The maximum atomic E-state index is 12.5. The van der Waals surface area contributed by atoms with Gasteiger partial charge in [-0.2, -0.15) is 0 Å². The second kappa shape index (κ2) is 7.21. The molecule has 0 bridgehead atoms.